The molecule has 0 aromatic rings. The maximum Gasteiger partial charge on any atom is 0.138 e. The van der Waals surface area contributed by atoms with E-state index >= 15 is 0 Å². The number of hydrogen-bond donors (Lipinski definition) is 1. The van der Waals surface area contributed by atoms with E-state index < -0.39 is 0 Å². The molecule has 62 valence electrons. The molecule has 0 bridgehead atoms. The summed E-state index contributed by atoms with van der Waals surface area (Å²) in [4.78, 5) is 11.4. The Balaban J connectivity index is 2.33. The van der Waals surface area contributed by atoms with Crippen LogP contribution in [0.1, 0.15) is 27.2 Å². The minimum atomic E-state index is -0.217. The molecule has 0 unspecified atom stereocenters. The van der Waals surface area contributed by atoms with Crippen LogP contribution in [0.3, 0.4) is 0 Å². The van der Waals surface area contributed by atoms with Gasteiger partial charge in [-0.05, 0) is 18.3 Å². The summed E-state index contributed by atoms with van der Waals surface area (Å²) < 4.78 is 0. The van der Waals surface area contributed by atoms with Crippen molar-refractivity contribution >= 4 is 5.78 Å². The molecule has 2 saturated carbocycles. The maximum absolute atomic E-state index is 11.4. The molecule has 0 spiro atoms. The lowest BCUT2D eigenvalue weighted by Gasteiger charge is -2.23. The zero-order valence-corrected chi connectivity index (χ0v) is 7.35. The lowest BCUT2D eigenvalue weighted by atomic mass is 9.88. The quantitative estimate of drug-likeness (QED) is 0.563. The highest BCUT2D eigenvalue weighted by molar-refractivity contribution is 5.90. The summed E-state index contributed by atoms with van der Waals surface area (Å²) in [7, 11) is 0. The third-order valence-corrected chi connectivity index (χ3v) is 3.44. The van der Waals surface area contributed by atoms with Crippen molar-refractivity contribution < 1.29 is 4.79 Å². The van der Waals surface area contributed by atoms with Crippen molar-refractivity contribution in [3.05, 3.63) is 0 Å². The van der Waals surface area contributed by atoms with Crippen LogP contribution in [0.5, 0.6) is 0 Å². The van der Waals surface area contributed by atoms with Gasteiger partial charge in [-0.25, -0.2) is 0 Å². The van der Waals surface area contributed by atoms with Crippen molar-refractivity contribution in [2.75, 3.05) is 0 Å². The van der Waals surface area contributed by atoms with Crippen molar-refractivity contribution in [3.8, 4) is 0 Å². The van der Waals surface area contributed by atoms with Crippen LogP contribution in [-0.4, -0.2) is 11.3 Å². The molecule has 0 saturated heterocycles. The summed E-state index contributed by atoms with van der Waals surface area (Å²) in [6.07, 6.45) is 0.589. The van der Waals surface area contributed by atoms with Gasteiger partial charge >= 0.3 is 0 Å². The largest absolute Gasteiger partial charge is 0.325 e. The normalized spacial score (nSPS) is 52.5. The van der Waals surface area contributed by atoms with Crippen LogP contribution in [0.2, 0.25) is 0 Å². The predicted octanol–water partition coefficient (Wildman–Crippen LogP) is 0.949. The average Bonchev–Trinajstić information content (AvgIpc) is 2.22. The third-order valence-electron chi connectivity index (χ3n) is 3.44. The van der Waals surface area contributed by atoms with Gasteiger partial charge < -0.3 is 5.73 Å². The maximum atomic E-state index is 11.4. The summed E-state index contributed by atoms with van der Waals surface area (Å²) >= 11 is 0. The number of Topliss-reactive ketones (excluding diaryl/α,β-unsaturated/α-hetero) is 1. The number of hydrogen-bond acceptors (Lipinski definition) is 2. The van der Waals surface area contributed by atoms with Gasteiger partial charge in [0.05, 0.1) is 0 Å². The van der Waals surface area contributed by atoms with Gasteiger partial charge in [0, 0.05) is 17.9 Å². The number of carbonyl (C=O) groups excluding carboxylic acids is 1. The zero-order valence-electron chi connectivity index (χ0n) is 7.35. The summed E-state index contributed by atoms with van der Waals surface area (Å²) in [5, 5.41) is 0. The first-order valence-electron chi connectivity index (χ1n) is 4.19. The van der Waals surface area contributed by atoms with Gasteiger partial charge in [0.2, 0.25) is 0 Å². The Kier molecular flexibility index (Phi) is 1.02. The van der Waals surface area contributed by atoms with Crippen molar-refractivity contribution in [1.29, 1.82) is 0 Å². The molecule has 0 aromatic carbocycles. The molecule has 2 N–H and O–H groups in total. The first kappa shape index (κ1) is 7.29. The minimum Gasteiger partial charge on any atom is -0.325 e. The van der Waals surface area contributed by atoms with Crippen LogP contribution < -0.4 is 5.73 Å². The molecule has 0 aliphatic heterocycles. The fraction of sp³-hybridized carbons (Fsp3) is 0.889. The van der Waals surface area contributed by atoms with Crippen molar-refractivity contribution in [3.63, 3.8) is 0 Å². The highest BCUT2D eigenvalue weighted by atomic mass is 16.1. The van der Waals surface area contributed by atoms with Crippen LogP contribution in [-0.2, 0) is 4.79 Å². The van der Waals surface area contributed by atoms with E-state index in [0.29, 0.717) is 18.1 Å². The Labute approximate surface area is 67.1 Å². The molecule has 0 aromatic heterocycles. The first-order valence-corrected chi connectivity index (χ1v) is 4.19. The standard InChI is InChI=1S/C9H15NO/c1-8(2)6-5(11)4-9(3,10)7(6)8/h6-7H,4,10H2,1-3H3/t6-,7+,9+/m1/s1. The summed E-state index contributed by atoms with van der Waals surface area (Å²) in [5.41, 5.74) is 5.98. The highest BCUT2D eigenvalue weighted by Crippen LogP contribution is 2.67. The van der Waals surface area contributed by atoms with Crippen LogP contribution in [0, 0.1) is 17.3 Å². The number of rotatable bonds is 0. The molecular formula is C9H15NO. The second-order valence-electron chi connectivity index (χ2n) is 4.93. The Hall–Kier alpha value is -0.370. The van der Waals surface area contributed by atoms with Crippen LogP contribution >= 0.6 is 0 Å². The number of nitrogens with two attached hydrogens (primary N) is 1. The van der Waals surface area contributed by atoms with E-state index in [1.165, 1.54) is 0 Å². The lowest BCUT2D eigenvalue weighted by Crippen LogP contribution is -2.39. The molecule has 0 amide bonds. The minimum absolute atomic E-state index is 0.193. The van der Waals surface area contributed by atoms with E-state index in [1.54, 1.807) is 0 Å². The van der Waals surface area contributed by atoms with Crippen LogP contribution in [0.25, 0.3) is 0 Å². The second kappa shape index (κ2) is 1.53. The molecule has 2 aliphatic carbocycles. The Morgan fingerprint density at radius 2 is 2.00 bits per heavy atom. The summed E-state index contributed by atoms with van der Waals surface area (Å²) in [5.74, 6) is 1.10. The molecule has 3 atom stereocenters. The van der Waals surface area contributed by atoms with Gasteiger partial charge in [-0.2, -0.15) is 0 Å². The molecule has 2 fully saturated rings. The molecule has 2 rings (SSSR count). The van der Waals surface area contributed by atoms with E-state index in [0.717, 1.165) is 0 Å². The van der Waals surface area contributed by atoms with E-state index in [-0.39, 0.29) is 16.9 Å². The van der Waals surface area contributed by atoms with Gasteiger partial charge in [-0.1, -0.05) is 13.8 Å². The number of fused-ring (bicyclic) bond motifs is 1. The molecule has 0 radical (unpaired) electrons. The van der Waals surface area contributed by atoms with Gasteiger partial charge in [-0.15, -0.1) is 0 Å². The zero-order chi connectivity index (χ0) is 8.44. The molecular weight excluding hydrogens is 138 g/mol. The lowest BCUT2D eigenvalue weighted by molar-refractivity contribution is -0.120. The smallest absolute Gasteiger partial charge is 0.138 e. The van der Waals surface area contributed by atoms with Gasteiger partial charge in [0.25, 0.3) is 0 Å². The van der Waals surface area contributed by atoms with E-state index in [4.69, 9.17) is 5.73 Å². The predicted molar refractivity (Wildman–Crippen MR) is 43.0 cm³/mol. The SMILES string of the molecule is CC1(C)[C@@H]2C(=O)C[C@](C)(N)[C@@H]21. The number of carbonyl (C=O) groups is 1. The van der Waals surface area contributed by atoms with Gasteiger partial charge in [0.15, 0.2) is 0 Å². The number of ketones is 1. The fourth-order valence-corrected chi connectivity index (χ4v) is 3.06. The fourth-order valence-electron chi connectivity index (χ4n) is 3.06. The average molecular weight is 153 g/mol. The van der Waals surface area contributed by atoms with Crippen LogP contribution in [0.4, 0.5) is 0 Å². The van der Waals surface area contributed by atoms with E-state index in [2.05, 4.69) is 13.8 Å². The molecule has 11 heavy (non-hydrogen) atoms. The van der Waals surface area contributed by atoms with Crippen molar-refractivity contribution in [2.24, 2.45) is 23.0 Å². The Morgan fingerprint density at radius 1 is 1.45 bits per heavy atom. The summed E-state index contributed by atoms with van der Waals surface area (Å²) in [6.45, 7) is 6.29. The topological polar surface area (TPSA) is 43.1 Å². The monoisotopic (exact) mass is 153 g/mol. The van der Waals surface area contributed by atoms with E-state index in [9.17, 15) is 4.79 Å². The van der Waals surface area contributed by atoms with Crippen molar-refractivity contribution in [1.82, 2.24) is 0 Å². The second-order valence-corrected chi connectivity index (χ2v) is 4.93. The van der Waals surface area contributed by atoms with Crippen molar-refractivity contribution in [2.45, 2.75) is 32.7 Å². The van der Waals surface area contributed by atoms with E-state index in [1.807, 2.05) is 6.92 Å². The molecule has 2 heteroatoms. The molecule has 0 heterocycles. The Morgan fingerprint density at radius 3 is 2.18 bits per heavy atom. The molecule has 2 nitrogen and oxygen atoms in total. The summed E-state index contributed by atoms with van der Waals surface area (Å²) in [6, 6.07) is 0. The van der Waals surface area contributed by atoms with Gasteiger partial charge in [-0.3, -0.25) is 4.79 Å². The van der Waals surface area contributed by atoms with Gasteiger partial charge in [0.1, 0.15) is 5.78 Å². The molecule has 2 aliphatic rings. The highest BCUT2D eigenvalue weighted by Gasteiger charge is 2.71. The Bertz CT molecular complexity index is 230. The first-order chi connectivity index (χ1) is 4.87. The third kappa shape index (κ3) is 0.684. The van der Waals surface area contributed by atoms with Crippen LogP contribution in [0.15, 0.2) is 0 Å².